The van der Waals surface area contributed by atoms with E-state index < -0.39 is 0 Å². The van der Waals surface area contributed by atoms with Crippen LogP contribution in [-0.4, -0.2) is 15.9 Å². The summed E-state index contributed by atoms with van der Waals surface area (Å²) in [6.45, 7) is 3.91. The van der Waals surface area contributed by atoms with Gasteiger partial charge in [-0.05, 0) is 67.4 Å². The van der Waals surface area contributed by atoms with Crippen molar-refractivity contribution in [1.29, 1.82) is 0 Å². The summed E-state index contributed by atoms with van der Waals surface area (Å²) in [6.07, 6.45) is 3.66. The van der Waals surface area contributed by atoms with Gasteiger partial charge < -0.3 is 5.32 Å². The minimum Gasteiger partial charge on any atom is -0.322 e. The van der Waals surface area contributed by atoms with Gasteiger partial charge in [0.2, 0.25) is 0 Å². The summed E-state index contributed by atoms with van der Waals surface area (Å²) in [4.78, 5) is 22.7. The molecule has 144 valence electrons. The zero-order valence-electron chi connectivity index (χ0n) is 16.3. The maximum Gasteiger partial charge on any atom is 0.257 e. The number of rotatable bonds is 5. The van der Waals surface area contributed by atoms with Crippen molar-refractivity contribution in [2.45, 2.75) is 24.5 Å². The molecule has 29 heavy (non-hydrogen) atoms. The van der Waals surface area contributed by atoms with Gasteiger partial charge in [0, 0.05) is 34.1 Å². The van der Waals surface area contributed by atoms with E-state index in [9.17, 15) is 4.79 Å². The van der Waals surface area contributed by atoms with Gasteiger partial charge in [0.15, 0.2) is 0 Å². The first-order valence-corrected chi connectivity index (χ1v) is 10.4. The minimum absolute atomic E-state index is 0.145. The summed E-state index contributed by atoms with van der Waals surface area (Å²) in [5.74, 6) is 0.717. The van der Waals surface area contributed by atoms with Gasteiger partial charge in [-0.15, -0.1) is 11.8 Å². The number of hydrogen-bond donors (Lipinski definition) is 1. The van der Waals surface area contributed by atoms with Crippen molar-refractivity contribution >= 4 is 34.3 Å². The number of carbonyl (C=O) groups is 1. The van der Waals surface area contributed by atoms with Crippen molar-refractivity contribution in [3.8, 4) is 0 Å². The molecule has 0 bridgehead atoms. The van der Waals surface area contributed by atoms with Gasteiger partial charge in [0.25, 0.3) is 5.91 Å². The second-order valence-electron chi connectivity index (χ2n) is 6.95. The number of amides is 1. The number of thioether (sulfide) groups is 1. The molecule has 4 nitrogen and oxygen atoms in total. The summed E-state index contributed by atoms with van der Waals surface area (Å²) in [6, 6.07) is 19.9. The predicted octanol–water partition coefficient (Wildman–Crippen LogP) is 5.79. The Morgan fingerprint density at radius 3 is 2.62 bits per heavy atom. The lowest BCUT2D eigenvalue weighted by molar-refractivity contribution is 0.102. The molecule has 4 aromatic rings. The molecule has 5 heteroatoms. The van der Waals surface area contributed by atoms with Crippen LogP contribution >= 0.6 is 11.8 Å². The normalized spacial score (nSPS) is 10.8. The van der Waals surface area contributed by atoms with Crippen molar-refractivity contribution in [2.75, 3.05) is 5.32 Å². The van der Waals surface area contributed by atoms with Gasteiger partial charge in [-0.3, -0.25) is 14.8 Å². The summed E-state index contributed by atoms with van der Waals surface area (Å²) < 4.78 is 0. The van der Waals surface area contributed by atoms with E-state index in [2.05, 4.69) is 21.4 Å². The molecular formula is C24H21N3OS. The average molecular weight is 400 g/mol. The van der Waals surface area contributed by atoms with Crippen molar-refractivity contribution in [1.82, 2.24) is 9.97 Å². The topological polar surface area (TPSA) is 54.9 Å². The molecule has 0 saturated carbocycles. The lowest BCUT2D eigenvalue weighted by Crippen LogP contribution is -2.14. The highest BCUT2D eigenvalue weighted by Gasteiger charge is 2.12. The molecule has 0 spiro atoms. The van der Waals surface area contributed by atoms with Crippen LogP contribution in [0.15, 0.2) is 78.0 Å². The molecule has 2 aromatic heterocycles. The number of pyridine rings is 2. The fourth-order valence-electron chi connectivity index (χ4n) is 3.09. The fourth-order valence-corrected chi connectivity index (χ4v) is 3.92. The summed E-state index contributed by atoms with van der Waals surface area (Å²) >= 11 is 1.74. The molecule has 0 radical (unpaired) electrons. The first-order valence-electron chi connectivity index (χ1n) is 9.39. The maximum atomic E-state index is 12.8. The summed E-state index contributed by atoms with van der Waals surface area (Å²) in [5, 5.41) is 3.94. The van der Waals surface area contributed by atoms with E-state index in [4.69, 9.17) is 0 Å². The lowest BCUT2D eigenvalue weighted by Gasteiger charge is -2.10. The predicted molar refractivity (Wildman–Crippen MR) is 119 cm³/mol. The number of benzene rings is 2. The lowest BCUT2D eigenvalue weighted by atomic mass is 10.1. The van der Waals surface area contributed by atoms with Crippen LogP contribution in [0.25, 0.3) is 10.9 Å². The van der Waals surface area contributed by atoms with Crippen LogP contribution in [0.1, 0.15) is 27.2 Å². The van der Waals surface area contributed by atoms with Gasteiger partial charge in [-0.25, -0.2) is 0 Å². The molecular weight excluding hydrogens is 378 g/mol. The van der Waals surface area contributed by atoms with Crippen LogP contribution < -0.4 is 5.32 Å². The summed E-state index contributed by atoms with van der Waals surface area (Å²) in [5.41, 5.74) is 5.34. The largest absolute Gasteiger partial charge is 0.322 e. The van der Waals surface area contributed by atoms with Crippen LogP contribution in [0, 0.1) is 13.8 Å². The number of aromatic nitrogens is 2. The van der Waals surface area contributed by atoms with E-state index in [1.54, 1.807) is 18.0 Å². The SMILES string of the molecule is Cc1ccc2cc(C(=O)Nc3ccc(SCc4cccnc4)cc3)c(C)nc2c1. The first-order chi connectivity index (χ1) is 14.1. The van der Waals surface area contributed by atoms with E-state index in [-0.39, 0.29) is 5.91 Å². The molecule has 0 unspecified atom stereocenters. The highest BCUT2D eigenvalue weighted by atomic mass is 32.2. The molecule has 2 aromatic carbocycles. The monoisotopic (exact) mass is 399 g/mol. The van der Waals surface area contributed by atoms with E-state index in [0.717, 1.165) is 38.5 Å². The Kier molecular flexibility index (Phi) is 5.58. The van der Waals surface area contributed by atoms with Crippen molar-refractivity contribution in [3.05, 3.63) is 95.4 Å². The zero-order valence-corrected chi connectivity index (χ0v) is 17.2. The van der Waals surface area contributed by atoms with Crippen LogP contribution in [-0.2, 0) is 5.75 Å². The van der Waals surface area contributed by atoms with Crippen LogP contribution in [0.3, 0.4) is 0 Å². The van der Waals surface area contributed by atoms with Gasteiger partial charge in [0.1, 0.15) is 0 Å². The molecule has 0 aliphatic rings. The van der Waals surface area contributed by atoms with E-state index >= 15 is 0 Å². The molecule has 0 fully saturated rings. The Bertz CT molecular complexity index is 1160. The molecule has 0 atom stereocenters. The Labute approximate surface area is 174 Å². The molecule has 0 saturated heterocycles. The molecule has 0 aliphatic carbocycles. The smallest absolute Gasteiger partial charge is 0.257 e. The van der Waals surface area contributed by atoms with Gasteiger partial charge in [-0.2, -0.15) is 0 Å². The Morgan fingerprint density at radius 1 is 1.03 bits per heavy atom. The third kappa shape index (κ3) is 4.63. The van der Waals surface area contributed by atoms with E-state index in [1.165, 1.54) is 5.56 Å². The van der Waals surface area contributed by atoms with Gasteiger partial charge in [0.05, 0.1) is 16.8 Å². The second-order valence-corrected chi connectivity index (χ2v) is 7.99. The van der Waals surface area contributed by atoms with Crippen LogP contribution in [0.2, 0.25) is 0 Å². The Balaban J connectivity index is 1.45. The van der Waals surface area contributed by atoms with Gasteiger partial charge >= 0.3 is 0 Å². The van der Waals surface area contributed by atoms with Crippen molar-refractivity contribution < 1.29 is 4.79 Å². The minimum atomic E-state index is -0.145. The number of anilines is 1. The highest BCUT2D eigenvalue weighted by molar-refractivity contribution is 7.98. The van der Waals surface area contributed by atoms with Crippen molar-refractivity contribution in [3.63, 3.8) is 0 Å². The number of nitrogens with zero attached hydrogens (tertiary/aromatic N) is 2. The number of hydrogen-bond acceptors (Lipinski definition) is 4. The van der Waals surface area contributed by atoms with E-state index in [1.807, 2.05) is 74.6 Å². The zero-order chi connectivity index (χ0) is 20.2. The number of aryl methyl sites for hydroxylation is 2. The third-order valence-corrected chi connectivity index (χ3v) is 5.73. The molecule has 1 amide bonds. The van der Waals surface area contributed by atoms with E-state index in [0.29, 0.717) is 5.56 Å². The third-order valence-electron chi connectivity index (χ3n) is 4.65. The second kappa shape index (κ2) is 8.45. The number of carbonyl (C=O) groups excluding carboxylic acids is 1. The Morgan fingerprint density at radius 2 is 1.86 bits per heavy atom. The fraction of sp³-hybridized carbons (Fsp3) is 0.125. The average Bonchev–Trinajstić information content (AvgIpc) is 2.73. The van der Waals surface area contributed by atoms with Crippen molar-refractivity contribution in [2.24, 2.45) is 0 Å². The van der Waals surface area contributed by atoms with Crippen LogP contribution in [0.4, 0.5) is 5.69 Å². The quantitative estimate of drug-likeness (QED) is 0.432. The maximum absolute atomic E-state index is 12.8. The number of fused-ring (bicyclic) bond motifs is 1. The molecule has 2 heterocycles. The molecule has 1 N–H and O–H groups in total. The number of nitrogens with one attached hydrogen (secondary N) is 1. The van der Waals surface area contributed by atoms with Crippen LogP contribution in [0.5, 0.6) is 0 Å². The molecule has 0 aliphatic heterocycles. The molecule has 4 rings (SSSR count). The standard InChI is InChI=1S/C24H21N3OS/c1-16-5-6-19-13-22(17(2)26-23(19)12-16)24(28)27-20-7-9-21(10-8-20)29-15-18-4-3-11-25-14-18/h3-14H,15H2,1-2H3,(H,27,28). The Hall–Kier alpha value is -3.18. The summed E-state index contributed by atoms with van der Waals surface area (Å²) in [7, 11) is 0. The highest BCUT2D eigenvalue weighted by Crippen LogP contribution is 2.24. The van der Waals surface area contributed by atoms with Gasteiger partial charge in [-0.1, -0.05) is 18.2 Å². The first kappa shape index (κ1) is 19.2.